The van der Waals surface area contributed by atoms with Crippen molar-refractivity contribution in [2.45, 2.75) is 13.3 Å². The average Bonchev–Trinajstić information content (AvgIpc) is 2.71. The van der Waals surface area contributed by atoms with Crippen LogP contribution in [0.15, 0.2) is 28.7 Å². The van der Waals surface area contributed by atoms with Crippen LogP contribution in [0.5, 0.6) is 0 Å². The van der Waals surface area contributed by atoms with Crippen LogP contribution in [-0.4, -0.2) is 24.4 Å². The van der Waals surface area contributed by atoms with Gasteiger partial charge >= 0.3 is 0 Å². The van der Waals surface area contributed by atoms with Gasteiger partial charge in [-0.3, -0.25) is 4.79 Å². The third-order valence-electron chi connectivity index (χ3n) is 2.66. The molecule has 0 saturated heterocycles. The summed E-state index contributed by atoms with van der Waals surface area (Å²) in [7, 11) is 1.77. The molecule has 0 spiro atoms. The zero-order valence-corrected chi connectivity index (χ0v) is 10.1. The van der Waals surface area contributed by atoms with E-state index in [2.05, 4.69) is 0 Å². The Hall–Kier alpha value is -1.97. The first kappa shape index (κ1) is 11.5. The van der Waals surface area contributed by atoms with Crippen LogP contribution in [-0.2, 0) is 0 Å². The number of furan rings is 1. The zero-order chi connectivity index (χ0) is 12.4. The summed E-state index contributed by atoms with van der Waals surface area (Å²) < 4.78 is 5.51. The van der Waals surface area contributed by atoms with Crippen molar-refractivity contribution in [2.75, 3.05) is 19.3 Å². The van der Waals surface area contributed by atoms with Gasteiger partial charge in [0.05, 0.1) is 0 Å². The number of nitrogen functional groups attached to an aromatic ring is 1. The Balaban J connectivity index is 2.33. The summed E-state index contributed by atoms with van der Waals surface area (Å²) in [6.45, 7) is 2.75. The molecule has 0 bridgehead atoms. The largest absolute Gasteiger partial charge is 0.451 e. The first-order chi connectivity index (χ1) is 8.11. The summed E-state index contributed by atoms with van der Waals surface area (Å²) in [6.07, 6.45) is 0.926. The number of amides is 1. The fourth-order valence-electron chi connectivity index (χ4n) is 1.79. The van der Waals surface area contributed by atoms with Crippen molar-refractivity contribution in [3.05, 3.63) is 30.0 Å². The van der Waals surface area contributed by atoms with Crippen molar-refractivity contribution >= 4 is 22.6 Å². The molecular weight excluding hydrogens is 216 g/mol. The van der Waals surface area contributed by atoms with E-state index in [-0.39, 0.29) is 5.91 Å². The smallest absolute Gasteiger partial charge is 0.289 e. The molecule has 2 rings (SSSR count). The number of nitrogens with two attached hydrogens (primary N) is 1. The summed E-state index contributed by atoms with van der Waals surface area (Å²) in [5.74, 6) is 0.267. The molecule has 0 fully saturated rings. The third-order valence-corrected chi connectivity index (χ3v) is 2.66. The van der Waals surface area contributed by atoms with Crippen molar-refractivity contribution in [1.29, 1.82) is 0 Å². The van der Waals surface area contributed by atoms with Gasteiger partial charge in [0.25, 0.3) is 5.91 Å². The van der Waals surface area contributed by atoms with Gasteiger partial charge in [0.1, 0.15) is 5.58 Å². The molecule has 4 nitrogen and oxygen atoms in total. The quantitative estimate of drug-likeness (QED) is 0.827. The number of fused-ring (bicyclic) bond motifs is 1. The maximum atomic E-state index is 12.0. The Bertz CT molecular complexity index is 545. The predicted octanol–water partition coefficient (Wildman–Crippen LogP) is 2.50. The first-order valence-electron chi connectivity index (χ1n) is 5.66. The maximum Gasteiger partial charge on any atom is 0.289 e. The highest BCUT2D eigenvalue weighted by atomic mass is 16.3. The number of rotatable bonds is 3. The van der Waals surface area contributed by atoms with Gasteiger partial charge in [-0.15, -0.1) is 0 Å². The number of carbonyl (C=O) groups is 1. The summed E-state index contributed by atoms with van der Waals surface area (Å²) in [5.41, 5.74) is 7.03. The SMILES string of the molecule is CCCN(C)C(=O)c1cc2cc(N)ccc2o1. The number of hydrogen-bond acceptors (Lipinski definition) is 3. The van der Waals surface area contributed by atoms with Gasteiger partial charge in [-0.1, -0.05) is 6.92 Å². The van der Waals surface area contributed by atoms with Crippen LogP contribution < -0.4 is 5.73 Å². The van der Waals surface area contributed by atoms with Gasteiger partial charge in [0.2, 0.25) is 0 Å². The van der Waals surface area contributed by atoms with Crippen LogP contribution in [0, 0.1) is 0 Å². The van der Waals surface area contributed by atoms with Gasteiger partial charge < -0.3 is 15.1 Å². The Morgan fingerprint density at radius 3 is 2.88 bits per heavy atom. The number of carbonyl (C=O) groups excluding carboxylic acids is 1. The second kappa shape index (κ2) is 4.49. The molecule has 1 amide bonds. The molecule has 0 radical (unpaired) electrons. The van der Waals surface area contributed by atoms with Crippen LogP contribution in [0.1, 0.15) is 23.9 Å². The predicted molar refractivity (Wildman–Crippen MR) is 67.9 cm³/mol. The van der Waals surface area contributed by atoms with Crippen LogP contribution in [0.4, 0.5) is 5.69 Å². The Labute approximate surface area is 100.0 Å². The van der Waals surface area contributed by atoms with E-state index in [0.29, 0.717) is 17.0 Å². The molecule has 0 aliphatic rings. The third kappa shape index (κ3) is 2.25. The molecule has 1 heterocycles. The molecule has 0 saturated carbocycles. The van der Waals surface area contributed by atoms with Crippen molar-refractivity contribution in [2.24, 2.45) is 0 Å². The summed E-state index contributed by atoms with van der Waals surface area (Å²) in [4.78, 5) is 13.6. The van der Waals surface area contributed by atoms with E-state index in [9.17, 15) is 4.79 Å². The standard InChI is InChI=1S/C13H16N2O2/c1-3-6-15(2)13(16)12-8-9-7-10(14)4-5-11(9)17-12/h4-5,7-8H,3,6,14H2,1-2H3. The highest BCUT2D eigenvalue weighted by Gasteiger charge is 2.15. The van der Waals surface area contributed by atoms with Gasteiger partial charge in [0.15, 0.2) is 5.76 Å². The monoisotopic (exact) mass is 232 g/mol. The number of anilines is 1. The van der Waals surface area contributed by atoms with Crippen molar-refractivity contribution < 1.29 is 9.21 Å². The minimum absolute atomic E-state index is 0.0957. The molecule has 1 aromatic heterocycles. The van der Waals surface area contributed by atoms with Crippen molar-refractivity contribution in [3.63, 3.8) is 0 Å². The number of hydrogen-bond donors (Lipinski definition) is 1. The molecule has 17 heavy (non-hydrogen) atoms. The summed E-state index contributed by atoms with van der Waals surface area (Å²) in [5, 5.41) is 0.859. The highest BCUT2D eigenvalue weighted by molar-refractivity contribution is 5.96. The van der Waals surface area contributed by atoms with E-state index in [1.54, 1.807) is 36.2 Å². The minimum atomic E-state index is -0.0957. The van der Waals surface area contributed by atoms with E-state index in [1.807, 2.05) is 6.92 Å². The molecule has 90 valence electrons. The number of nitrogens with zero attached hydrogens (tertiary/aromatic N) is 1. The van der Waals surface area contributed by atoms with E-state index in [1.165, 1.54) is 0 Å². The minimum Gasteiger partial charge on any atom is -0.451 e. The van der Waals surface area contributed by atoms with E-state index in [4.69, 9.17) is 10.2 Å². The average molecular weight is 232 g/mol. The Morgan fingerprint density at radius 2 is 2.18 bits per heavy atom. The van der Waals surface area contributed by atoms with Crippen LogP contribution in [0.25, 0.3) is 11.0 Å². The maximum absolute atomic E-state index is 12.0. The lowest BCUT2D eigenvalue weighted by Crippen LogP contribution is -2.26. The molecule has 0 aliphatic carbocycles. The molecule has 2 aromatic rings. The molecule has 0 unspecified atom stereocenters. The van der Waals surface area contributed by atoms with E-state index in [0.717, 1.165) is 18.4 Å². The van der Waals surface area contributed by atoms with E-state index < -0.39 is 0 Å². The first-order valence-corrected chi connectivity index (χ1v) is 5.66. The fourth-order valence-corrected chi connectivity index (χ4v) is 1.79. The van der Waals surface area contributed by atoms with Crippen LogP contribution >= 0.6 is 0 Å². The summed E-state index contributed by atoms with van der Waals surface area (Å²) >= 11 is 0. The lowest BCUT2D eigenvalue weighted by Gasteiger charge is -2.13. The second-order valence-electron chi connectivity index (χ2n) is 4.13. The lowest BCUT2D eigenvalue weighted by atomic mass is 10.2. The van der Waals surface area contributed by atoms with Gasteiger partial charge in [0, 0.05) is 24.7 Å². The number of benzene rings is 1. The molecule has 0 aliphatic heterocycles. The second-order valence-corrected chi connectivity index (χ2v) is 4.13. The normalized spacial score (nSPS) is 10.7. The Kier molecular flexibility index (Phi) is 3.04. The highest BCUT2D eigenvalue weighted by Crippen LogP contribution is 2.22. The van der Waals surface area contributed by atoms with Gasteiger partial charge in [-0.05, 0) is 30.7 Å². The zero-order valence-electron chi connectivity index (χ0n) is 10.1. The Morgan fingerprint density at radius 1 is 1.41 bits per heavy atom. The van der Waals surface area contributed by atoms with E-state index >= 15 is 0 Å². The van der Waals surface area contributed by atoms with Gasteiger partial charge in [-0.25, -0.2) is 0 Å². The van der Waals surface area contributed by atoms with Crippen molar-refractivity contribution in [1.82, 2.24) is 4.90 Å². The van der Waals surface area contributed by atoms with Crippen LogP contribution in [0.2, 0.25) is 0 Å². The van der Waals surface area contributed by atoms with Crippen molar-refractivity contribution in [3.8, 4) is 0 Å². The summed E-state index contributed by atoms with van der Waals surface area (Å²) in [6, 6.07) is 7.08. The lowest BCUT2D eigenvalue weighted by molar-refractivity contribution is 0.0766. The molecule has 4 heteroatoms. The molecular formula is C13H16N2O2. The van der Waals surface area contributed by atoms with Gasteiger partial charge in [-0.2, -0.15) is 0 Å². The molecule has 1 aromatic carbocycles. The topological polar surface area (TPSA) is 59.5 Å². The molecule has 2 N–H and O–H groups in total. The van der Waals surface area contributed by atoms with Crippen LogP contribution in [0.3, 0.4) is 0 Å². The molecule has 0 atom stereocenters. The fraction of sp³-hybridized carbons (Fsp3) is 0.308.